The fraction of sp³-hybridized carbons (Fsp3) is 0.538. The quantitative estimate of drug-likeness (QED) is 0.819. The summed E-state index contributed by atoms with van der Waals surface area (Å²) in [7, 11) is 1.70. The van der Waals surface area contributed by atoms with Crippen LogP contribution in [0.3, 0.4) is 0 Å². The van der Waals surface area contributed by atoms with Crippen LogP contribution >= 0.6 is 0 Å². The molecule has 1 saturated carbocycles. The van der Waals surface area contributed by atoms with Crippen molar-refractivity contribution in [1.29, 1.82) is 0 Å². The van der Waals surface area contributed by atoms with Gasteiger partial charge in [-0.25, -0.2) is 0 Å². The molecule has 1 N–H and O–H groups in total. The first kappa shape index (κ1) is 10.5. The molecule has 1 aliphatic carbocycles. The number of rotatable bonds is 4. The fourth-order valence-electron chi connectivity index (χ4n) is 1.92. The van der Waals surface area contributed by atoms with E-state index in [0.717, 1.165) is 31.4 Å². The monoisotopic (exact) mass is 206 g/mol. The zero-order valence-corrected chi connectivity index (χ0v) is 9.42. The molecule has 0 atom stereocenters. The van der Waals surface area contributed by atoms with Crippen molar-refractivity contribution in [3.63, 3.8) is 0 Å². The van der Waals surface area contributed by atoms with Gasteiger partial charge in [-0.1, -0.05) is 19.1 Å². The molecule has 0 spiro atoms. The molecule has 1 aromatic rings. The van der Waals surface area contributed by atoms with E-state index in [1.807, 2.05) is 12.1 Å². The summed E-state index contributed by atoms with van der Waals surface area (Å²) < 4.78 is 5.27. The number of ether oxygens (including phenoxy) is 1. The highest BCUT2D eigenvalue weighted by Gasteiger charge is 2.40. The van der Waals surface area contributed by atoms with Crippen molar-refractivity contribution in [2.45, 2.75) is 38.2 Å². The normalized spacial score (nSPS) is 17.5. The van der Waals surface area contributed by atoms with Crippen LogP contribution in [0.15, 0.2) is 18.2 Å². The SMILES string of the molecule is CCc1cc(CC2(O)CC2)ccc1OC. The number of methoxy groups -OCH3 is 1. The van der Waals surface area contributed by atoms with E-state index >= 15 is 0 Å². The van der Waals surface area contributed by atoms with Crippen molar-refractivity contribution in [2.24, 2.45) is 0 Å². The predicted octanol–water partition coefficient (Wildman–Crippen LogP) is 2.33. The van der Waals surface area contributed by atoms with Gasteiger partial charge in [-0.05, 0) is 36.5 Å². The van der Waals surface area contributed by atoms with E-state index in [9.17, 15) is 5.11 Å². The fourth-order valence-corrected chi connectivity index (χ4v) is 1.92. The largest absolute Gasteiger partial charge is 0.496 e. The average Bonchev–Trinajstić information content (AvgIpc) is 2.96. The third-order valence-corrected chi connectivity index (χ3v) is 3.09. The minimum atomic E-state index is -0.403. The lowest BCUT2D eigenvalue weighted by Crippen LogP contribution is -2.10. The second kappa shape index (κ2) is 3.86. The van der Waals surface area contributed by atoms with Gasteiger partial charge < -0.3 is 9.84 Å². The molecule has 0 heterocycles. The van der Waals surface area contributed by atoms with Crippen LogP contribution < -0.4 is 4.74 Å². The predicted molar refractivity (Wildman–Crippen MR) is 60.3 cm³/mol. The Labute approximate surface area is 90.9 Å². The van der Waals surface area contributed by atoms with Crippen molar-refractivity contribution in [3.05, 3.63) is 29.3 Å². The van der Waals surface area contributed by atoms with E-state index in [-0.39, 0.29) is 0 Å². The molecule has 2 nitrogen and oxygen atoms in total. The first-order valence-electron chi connectivity index (χ1n) is 5.55. The van der Waals surface area contributed by atoms with E-state index in [1.54, 1.807) is 7.11 Å². The summed E-state index contributed by atoms with van der Waals surface area (Å²) in [6.45, 7) is 2.12. The van der Waals surface area contributed by atoms with Crippen LogP contribution in [0.2, 0.25) is 0 Å². The van der Waals surface area contributed by atoms with Crippen molar-refractivity contribution >= 4 is 0 Å². The summed E-state index contributed by atoms with van der Waals surface area (Å²) in [6.07, 6.45) is 3.64. The third kappa shape index (κ3) is 2.32. The minimum Gasteiger partial charge on any atom is -0.496 e. The summed E-state index contributed by atoms with van der Waals surface area (Å²) >= 11 is 0. The van der Waals surface area contributed by atoms with Crippen molar-refractivity contribution in [3.8, 4) is 5.75 Å². The molecule has 0 radical (unpaired) electrons. The van der Waals surface area contributed by atoms with Gasteiger partial charge in [0.25, 0.3) is 0 Å². The molecule has 0 unspecified atom stereocenters. The zero-order valence-electron chi connectivity index (χ0n) is 9.42. The number of aryl methyl sites for hydroxylation is 1. The van der Waals surface area contributed by atoms with E-state index in [0.29, 0.717) is 0 Å². The Hall–Kier alpha value is -1.02. The van der Waals surface area contributed by atoms with Crippen LogP contribution in [0.25, 0.3) is 0 Å². The Morgan fingerprint density at radius 3 is 2.67 bits per heavy atom. The van der Waals surface area contributed by atoms with Crippen molar-refractivity contribution < 1.29 is 9.84 Å². The Kier molecular flexibility index (Phi) is 2.70. The molecule has 1 aromatic carbocycles. The molecule has 2 rings (SSSR count). The molecule has 82 valence electrons. The molecular weight excluding hydrogens is 188 g/mol. The molecule has 0 amide bonds. The van der Waals surface area contributed by atoms with Crippen LogP contribution in [-0.2, 0) is 12.8 Å². The van der Waals surface area contributed by atoms with E-state index in [4.69, 9.17) is 4.74 Å². The van der Waals surface area contributed by atoms with Crippen LogP contribution in [0.1, 0.15) is 30.9 Å². The first-order chi connectivity index (χ1) is 7.17. The van der Waals surface area contributed by atoms with Crippen LogP contribution in [0.5, 0.6) is 5.75 Å². The standard InChI is InChI=1S/C13H18O2/c1-3-11-8-10(4-5-12(11)15-2)9-13(14)6-7-13/h4-5,8,14H,3,6-7,9H2,1-2H3. The highest BCUT2D eigenvalue weighted by atomic mass is 16.5. The molecule has 0 aliphatic heterocycles. The molecule has 15 heavy (non-hydrogen) atoms. The van der Waals surface area contributed by atoms with Gasteiger partial charge in [0.1, 0.15) is 5.75 Å². The van der Waals surface area contributed by atoms with Gasteiger partial charge in [0, 0.05) is 6.42 Å². The van der Waals surface area contributed by atoms with Crippen LogP contribution in [-0.4, -0.2) is 17.8 Å². The molecule has 1 fully saturated rings. The number of aliphatic hydroxyl groups is 1. The molecule has 0 saturated heterocycles. The van der Waals surface area contributed by atoms with E-state index in [2.05, 4.69) is 13.0 Å². The van der Waals surface area contributed by atoms with Gasteiger partial charge >= 0.3 is 0 Å². The maximum atomic E-state index is 9.84. The maximum Gasteiger partial charge on any atom is 0.122 e. The number of hydrogen-bond donors (Lipinski definition) is 1. The lowest BCUT2D eigenvalue weighted by molar-refractivity contribution is 0.151. The topological polar surface area (TPSA) is 29.5 Å². The highest BCUT2D eigenvalue weighted by Crippen LogP contribution is 2.38. The summed E-state index contributed by atoms with van der Waals surface area (Å²) in [6, 6.07) is 6.20. The Morgan fingerprint density at radius 1 is 1.40 bits per heavy atom. The van der Waals surface area contributed by atoms with Crippen molar-refractivity contribution in [1.82, 2.24) is 0 Å². The molecule has 2 heteroatoms. The van der Waals surface area contributed by atoms with Gasteiger partial charge in [0.2, 0.25) is 0 Å². The summed E-state index contributed by atoms with van der Waals surface area (Å²) in [5.41, 5.74) is 2.03. The minimum absolute atomic E-state index is 0.403. The highest BCUT2D eigenvalue weighted by molar-refractivity contribution is 5.38. The van der Waals surface area contributed by atoms with Crippen LogP contribution in [0.4, 0.5) is 0 Å². The molecular formula is C13H18O2. The van der Waals surface area contributed by atoms with Gasteiger partial charge in [0.15, 0.2) is 0 Å². The smallest absolute Gasteiger partial charge is 0.122 e. The third-order valence-electron chi connectivity index (χ3n) is 3.09. The molecule has 0 bridgehead atoms. The summed E-state index contributed by atoms with van der Waals surface area (Å²) in [5, 5.41) is 9.84. The second-order valence-corrected chi connectivity index (χ2v) is 4.40. The lowest BCUT2D eigenvalue weighted by atomic mass is 10.0. The second-order valence-electron chi connectivity index (χ2n) is 4.40. The van der Waals surface area contributed by atoms with Crippen LogP contribution in [0, 0.1) is 0 Å². The summed E-state index contributed by atoms with van der Waals surface area (Å²) in [5.74, 6) is 0.948. The van der Waals surface area contributed by atoms with E-state index in [1.165, 1.54) is 11.1 Å². The van der Waals surface area contributed by atoms with Gasteiger partial charge in [-0.2, -0.15) is 0 Å². The molecule has 1 aliphatic rings. The first-order valence-corrected chi connectivity index (χ1v) is 5.55. The lowest BCUT2D eigenvalue weighted by Gasteiger charge is -2.11. The number of hydrogen-bond acceptors (Lipinski definition) is 2. The Balaban J connectivity index is 2.18. The molecule has 0 aromatic heterocycles. The van der Waals surface area contributed by atoms with E-state index < -0.39 is 5.60 Å². The average molecular weight is 206 g/mol. The summed E-state index contributed by atoms with van der Waals surface area (Å²) in [4.78, 5) is 0. The maximum absolute atomic E-state index is 9.84. The number of benzene rings is 1. The Bertz CT molecular complexity index is 354. The van der Waals surface area contributed by atoms with Crippen molar-refractivity contribution in [2.75, 3.05) is 7.11 Å². The van der Waals surface area contributed by atoms with Gasteiger partial charge in [-0.3, -0.25) is 0 Å². The van der Waals surface area contributed by atoms with Gasteiger partial charge in [-0.15, -0.1) is 0 Å². The zero-order chi connectivity index (χ0) is 10.9. The van der Waals surface area contributed by atoms with Gasteiger partial charge in [0.05, 0.1) is 12.7 Å². The Morgan fingerprint density at radius 2 is 2.13 bits per heavy atom.